The first-order chi connectivity index (χ1) is 8.55. The minimum atomic E-state index is -0.651. The summed E-state index contributed by atoms with van der Waals surface area (Å²) in [4.78, 5) is 26.6. The number of carbonyl (C=O) groups excluding carboxylic acids is 2. The first-order valence-corrected chi connectivity index (χ1v) is 6.79. The highest BCUT2D eigenvalue weighted by Crippen LogP contribution is 2.44. The van der Waals surface area contributed by atoms with Crippen molar-refractivity contribution in [1.29, 1.82) is 0 Å². The Hall–Kier alpha value is -1.32. The summed E-state index contributed by atoms with van der Waals surface area (Å²) < 4.78 is 0. The maximum absolute atomic E-state index is 12.4. The number of amides is 2. The molecule has 1 N–H and O–H groups in total. The van der Waals surface area contributed by atoms with Gasteiger partial charge >= 0.3 is 0 Å². The number of piperazine rings is 1. The van der Waals surface area contributed by atoms with Crippen LogP contribution in [0.5, 0.6) is 0 Å². The van der Waals surface area contributed by atoms with Crippen molar-refractivity contribution >= 4 is 11.8 Å². The molecule has 0 spiro atoms. The molecule has 2 fully saturated rings. The van der Waals surface area contributed by atoms with Crippen molar-refractivity contribution in [2.24, 2.45) is 5.92 Å². The van der Waals surface area contributed by atoms with Crippen molar-refractivity contribution in [2.45, 2.75) is 51.6 Å². The van der Waals surface area contributed by atoms with Gasteiger partial charge in [0.1, 0.15) is 11.6 Å². The van der Waals surface area contributed by atoms with Gasteiger partial charge in [-0.3, -0.25) is 9.59 Å². The average molecular weight is 250 g/mol. The van der Waals surface area contributed by atoms with E-state index in [0.29, 0.717) is 18.9 Å². The van der Waals surface area contributed by atoms with E-state index in [1.807, 2.05) is 32.9 Å². The molecule has 1 aliphatic carbocycles. The predicted molar refractivity (Wildman–Crippen MR) is 69.9 cm³/mol. The van der Waals surface area contributed by atoms with Gasteiger partial charge in [0.25, 0.3) is 0 Å². The lowest BCUT2D eigenvalue weighted by atomic mass is 9.87. The van der Waals surface area contributed by atoms with E-state index in [-0.39, 0.29) is 17.9 Å². The van der Waals surface area contributed by atoms with E-state index >= 15 is 0 Å². The van der Waals surface area contributed by atoms with Crippen molar-refractivity contribution in [2.75, 3.05) is 6.54 Å². The second-order valence-electron chi connectivity index (χ2n) is 5.37. The number of hydrogen-bond donors (Lipinski definition) is 1. The minimum absolute atomic E-state index is 0.0148. The van der Waals surface area contributed by atoms with Crippen LogP contribution in [0.15, 0.2) is 12.2 Å². The molecule has 1 aliphatic heterocycles. The lowest BCUT2D eigenvalue weighted by Gasteiger charge is -2.46. The van der Waals surface area contributed by atoms with E-state index in [9.17, 15) is 9.59 Å². The van der Waals surface area contributed by atoms with Crippen molar-refractivity contribution < 1.29 is 9.59 Å². The van der Waals surface area contributed by atoms with E-state index in [0.717, 1.165) is 12.8 Å². The van der Waals surface area contributed by atoms with Crippen LogP contribution in [0.3, 0.4) is 0 Å². The zero-order valence-electron chi connectivity index (χ0n) is 11.4. The number of carbonyl (C=O) groups is 2. The molecule has 2 atom stereocenters. The first kappa shape index (κ1) is 13.1. The lowest BCUT2D eigenvalue weighted by Crippen LogP contribution is -2.70. The number of allylic oxidation sites excluding steroid dienone is 1. The normalized spacial score (nSPS) is 33.1. The van der Waals surface area contributed by atoms with Crippen molar-refractivity contribution in [3.63, 3.8) is 0 Å². The van der Waals surface area contributed by atoms with Crippen molar-refractivity contribution in [3.05, 3.63) is 12.2 Å². The summed E-state index contributed by atoms with van der Waals surface area (Å²) in [6.45, 7) is 6.30. The third-order valence-corrected chi connectivity index (χ3v) is 4.19. The first-order valence-electron chi connectivity index (χ1n) is 6.79. The Morgan fingerprint density at radius 1 is 1.44 bits per heavy atom. The minimum Gasteiger partial charge on any atom is -0.342 e. The summed E-state index contributed by atoms with van der Waals surface area (Å²) in [7, 11) is 0. The van der Waals surface area contributed by atoms with Crippen LogP contribution in [-0.4, -0.2) is 34.8 Å². The van der Waals surface area contributed by atoms with Crippen molar-refractivity contribution in [1.82, 2.24) is 10.2 Å². The Labute approximate surface area is 108 Å². The molecule has 0 aromatic rings. The van der Waals surface area contributed by atoms with E-state index in [1.54, 1.807) is 4.90 Å². The van der Waals surface area contributed by atoms with E-state index in [2.05, 4.69) is 5.32 Å². The third-order valence-electron chi connectivity index (χ3n) is 4.19. The van der Waals surface area contributed by atoms with Gasteiger partial charge in [0.05, 0.1) is 0 Å². The van der Waals surface area contributed by atoms with Crippen LogP contribution in [0.25, 0.3) is 0 Å². The van der Waals surface area contributed by atoms with E-state index < -0.39 is 5.54 Å². The molecule has 0 aromatic carbocycles. The number of nitrogens with zero attached hydrogens (tertiary/aromatic N) is 1. The van der Waals surface area contributed by atoms with Gasteiger partial charge < -0.3 is 10.2 Å². The third kappa shape index (κ3) is 1.93. The average Bonchev–Trinajstić information content (AvgIpc) is 3.18. The number of rotatable bonds is 4. The second kappa shape index (κ2) is 4.75. The number of hydrogen-bond acceptors (Lipinski definition) is 2. The molecule has 100 valence electrons. The van der Waals surface area contributed by atoms with Gasteiger partial charge in [-0.2, -0.15) is 0 Å². The highest BCUT2D eigenvalue weighted by Gasteiger charge is 2.56. The van der Waals surface area contributed by atoms with Crippen LogP contribution in [-0.2, 0) is 9.59 Å². The molecular weight excluding hydrogens is 228 g/mol. The summed E-state index contributed by atoms with van der Waals surface area (Å²) in [6, 6.07) is -0.352. The molecule has 4 nitrogen and oxygen atoms in total. The molecule has 2 aliphatic rings. The van der Waals surface area contributed by atoms with Crippen LogP contribution >= 0.6 is 0 Å². The van der Waals surface area contributed by atoms with Crippen LogP contribution in [0.2, 0.25) is 0 Å². The molecule has 1 saturated carbocycles. The summed E-state index contributed by atoms with van der Waals surface area (Å²) in [6.07, 6.45) is 6.61. The molecule has 18 heavy (non-hydrogen) atoms. The molecule has 1 heterocycles. The SMILES string of the molecule is C/C=C/CN1C(=O)C(CC)NC(=O)C1(C)C1CC1. The zero-order valence-corrected chi connectivity index (χ0v) is 11.4. The van der Waals surface area contributed by atoms with Gasteiger partial charge in [-0.15, -0.1) is 0 Å². The maximum Gasteiger partial charge on any atom is 0.246 e. The predicted octanol–water partition coefficient (Wildman–Crippen LogP) is 1.47. The maximum atomic E-state index is 12.4. The molecule has 0 bridgehead atoms. The topological polar surface area (TPSA) is 49.4 Å². The molecule has 0 radical (unpaired) electrons. The fourth-order valence-corrected chi connectivity index (χ4v) is 2.72. The summed E-state index contributed by atoms with van der Waals surface area (Å²) in [5.74, 6) is 0.398. The molecule has 2 amide bonds. The van der Waals surface area contributed by atoms with Crippen molar-refractivity contribution in [3.8, 4) is 0 Å². The largest absolute Gasteiger partial charge is 0.342 e. The molecular formula is C14H22N2O2. The molecule has 1 saturated heterocycles. The van der Waals surface area contributed by atoms with E-state index in [1.165, 1.54) is 0 Å². The fraction of sp³-hybridized carbons (Fsp3) is 0.714. The molecule has 0 aromatic heterocycles. The van der Waals surface area contributed by atoms with Gasteiger partial charge in [-0.05, 0) is 39.0 Å². The Balaban J connectivity index is 2.30. The summed E-state index contributed by atoms with van der Waals surface area (Å²) in [5, 5.41) is 2.88. The quantitative estimate of drug-likeness (QED) is 0.768. The fourth-order valence-electron chi connectivity index (χ4n) is 2.72. The summed E-state index contributed by atoms with van der Waals surface area (Å²) in [5.41, 5.74) is -0.651. The second-order valence-corrected chi connectivity index (χ2v) is 5.37. The highest BCUT2D eigenvalue weighted by atomic mass is 16.2. The summed E-state index contributed by atoms with van der Waals surface area (Å²) >= 11 is 0. The molecule has 2 rings (SSSR count). The van der Waals surface area contributed by atoms with Gasteiger partial charge in [0.15, 0.2) is 0 Å². The molecule has 4 heteroatoms. The zero-order chi connectivity index (χ0) is 13.3. The highest BCUT2D eigenvalue weighted by molar-refractivity contribution is 6.00. The van der Waals surface area contributed by atoms with Crippen LogP contribution in [0, 0.1) is 5.92 Å². The van der Waals surface area contributed by atoms with Gasteiger partial charge in [0, 0.05) is 6.54 Å². The lowest BCUT2D eigenvalue weighted by molar-refractivity contribution is -0.157. The molecule has 2 unspecified atom stereocenters. The van der Waals surface area contributed by atoms with Gasteiger partial charge in [-0.1, -0.05) is 19.1 Å². The van der Waals surface area contributed by atoms with Crippen LogP contribution < -0.4 is 5.32 Å². The smallest absolute Gasteiger partial charge is 0.246 e. The monoisotopic (exact) mass is 250 g/mol. The van der Waals surface area contributed by atoms with Crippen LogP contribution in [0.1, 0.15) is 40.0 Å². The Bertz CT molecular complexity index is 387. The number of nitrogens with one attached hydrogen (secondary N) is 1. The Kier molecular flexibility index (Phi) is 3.46. The van der Waals surface area contributed by atoms with Crippen LogP contribution in [0.4, 0.5) is 0 Å². The van der Waals surface area contributed by atoms with E-state index in [4.69, 9.17) is 0 Å². The Morgan fingerprint density at radius 2 is 2.11 bits per heavy atom. The van der Waals surface area contributed by atoms with Gasteiger partial charge in [0.2, 0.25) is 11.8 Å². The Morgan fingerprint density at radius 3 is 2.61 bits per heavy atom. The standard InChI is InChI=1S/C14H22N2O2/c1-4-6-9-16-12(17)11(5-2)15-13(18)14(16,3)10-7-8-10/h4,6,10-11H,5,7-9H2,1-3H3,(H,15,18)/b6-4+. The van der Waals surface area contributed by atoms with Gasteiger partial charge in [-0.25, -0.2) is 0 Å².